The molecule has 0 atom stereocenters. The van der Waals surface area contributed by atoms with Crippen molar-refractivity contribution in [2.24, 2.45) is 4.99 Å². The van der Waals surface area contributed by atoms with Gasteiger partial charge in [-0.05, 0) is 55.7 Å². The lowest BCUT2D eigenvalue weighted by atomic mass is 10.1. The third-order valence-corrected chi connectivity index (χ3v) is 5.44. The van der Waals surface area contributed by atoms with E-state index in [1.165, 1.54) is 11.4 Å². The molecule has 1 aliphatic heterocycles. The largest absolute Gasteiger partial charge is 0.372 e. The minimum absolute atomic E-state index is 0.823. The molecule has 0 aromatic heterocycles. The van der Waals surface area contributed by atoms with Gasteiger partial charge >= 0.3 is 0 Å². The molecule has 29 heavy (non-hydrogen) atoms. The first-order valence-corrected chi connectivity index (χ1v) is 10.8. The molecule has 1 saturated heterocycles. The van der Waals surface area contributed by atoms with Gasteiger partial charge in [-0.3, -0.25) is 0 Å². The Morgan fingerprint density at radius 2 is 1.72 bits per heavy atom. The molecule has 6 heteroatoms. The molecule has 0 amide bonds. The number of rotatable bonds is 8. The van der Waals surface area contributed by atoms with E-state index in [4.69, 9.17) is 0 Å². The second-order valence-electron chi connectivity index (χ2n) is 6.92. The van der Waals surface area contributed by atoms with E-state index in [9.17, 15) is 0 Å². The Balaban J connectivity index is 1.59. The van der Waals surface area contributed by atoms with Crippen molar-refractivity contribution in [3.05, 3.63) is 59.5 Å². The smallest absolute Gasteiger partial charge is 0.0930 e. The van der Waals surface area contributed by atoms with E-state index in [0.29, 0.717) is 0 Å². The van der Waals surface area contributed by atoms with Gasteiger partial charge in [-0.25, -0.2) is 4.99 Å². The Bertz CT molecular complexity index is 804. The standard InChI is InChI=1S/C23H31N5S/c1-3-27(4-2)21-9-5-19(6-10-21)23(17-29)26-18-25-20-7-11-22(12-8-20)28-15-13-24-14-16-28/h5-12,17-18,24,29H,3-4,13-16H2,1-2H3,(H,25,26)/b23-17-. The second-order valence-corrected chi connectivity index (χ2v) is 7.18. The molecule has 0 saturated carbocycles. The quantitative estimate of drug-likeness (QED) is 0.345. The first-order valence-electron chi connectivity index (χ1n) is 10.3. The van der Waals surface area contributed by atoms with Crippen molar-refractivity contribution in [1.82, 2.24) is 5.32 Å². The molecule has 1 fully saturated rings. The minimum Gasteiger partial charge on any atom is -0.372 e. The van der Waals surface area contributed by atoms with E-state index in [2.05, 4.69) is 100 Å². The SMILES string of the molecule is CCN(CC)c1ccc(/C(=C/S)N=CNc2ccc(N3CCNCC3)cc2)cc1. The van der Waals surface area contributed by atoms with Crippen LogP contribution in [-0.4, -0.2) is 45.6 Å². The fourth-order valence-corrected chi connectivity index (χ4v) is 3.70. The maximum absolute atomic E-state index is 4.55. The molecule has 0 radical (unpaired) electrons. The zero-order valence-electron chi connectivity index (χ0n) is 17.3. The summed E-state index contributed by atoms with van der Waals surface area (Å²) in [5, 5.41) is 8.37. The van der Waals surface area contributed by atoms with Crippen LogP contribution in [0.3, 0.4) is 0 Å². The first kappa shape index (κ1) is 21.3. The molecular formula is C23H31N5S. The summed E-state index contributed by atoms with van der Waals surface area (Å²) in [5.74, 6) is 0. The molecule has 0 aliphatic carbocycles. The van der Waals surface area contributed by atoms with E-state index >= 15 is 0 Å². The number of anilines is 3. The van der Waals surface area contributed by atoms with Crippen LogP contribution in [0.5, 0.6) is 0 Å². The van der Waals surface area contributed by atoms with E-state index in [1.54, 1.807) is 11.7 Å². The number of hydrogen-bond donors (Lipinski definition) is 3. The van der Waals surface area contributed by atoms with Crippen LogP contribution in [0.25, 0.3) is 5.70 Å². The number of nitrogens with one attached hydrogen (secondary N) is 2. The second kappa shape index (κ2) is 10.9. The van der Waals surface area contributed by atoms with Crippen molar-refractivity contribution in [2.45, 2.75) is 13.8 Å². The predicted molar refractivity (Wildman–Crippen MR) is 131 cm³/mol. The van der Waals surface area contributed by atoms with Crippen LogP contribution in [-0.2, 0) is 0 Å². The molecule has 1 aliphatic rings. The van der Waals surface area contributed by atoms with Gasteiger partial charge < -0.3 is 20.4 Å². The Morgan fingerprint density at radius 3 is 2.31 bits per heavy atom. The number of aliphatic imine (C=N–C) groups is 1. The highest BCUT2D eigenvalue weighted by atomic mass is 32.1. The normalized spacial score (nSPS) is 15.0. The molecule has 0 spiro atoms. The van der Waals surface area contributed by atoms with Crippen LogP contribution in [0, 0.1) is 0 Å². The van der Waals surface area contributed by atoms with Crippen molar-refractivity contribution >= 4 is 41.7 Å². The van der Waals surface area contributed by atoms with E-state index in [-0.39, 0.29) is 0 Å². The lowest BCUT2D eigenvalue weighted by molar-refractivity contribution is 0.589. The van der Waals surface area contributed by atoms with Crippen molar-refractivity contribution in [1.29, 1.82) is 0 Å². The zero-order chi connectivity index (χ0) is 20.5. The van der Waals surface area contributed by atoms with Gasteiger partial charge in [-0.1, -0.05) is 12.1 Å². The van der Waals surface area contributed by atoms with E-state index in [1.807, 2.05) is 0 Å². The molecule has 154 valence electrons. The molecular weight excluding hydrogens is 378 g/mol. The third kappa shape index (κ3) is 5.78. The first-order chi connectivity index (χ1) is 14.2. The number of nitrogens with zero attached hydrogens (tertiary/aromatic N) is 3. The molecule has 2 aromatic carbocycles. The summed E-state index contributed by atoms with van der Waals surface area (Å²) in [6.45, 7) is 10.5. The lowest BCUT2D eigenvalue weighted by Gasteiger charge is -2.29. The summed E-state index contributed by atoms with van der Waals surface area (Å²) in [4.78, 5) is 9.27. The van der Waals surface area contributed by atoms with Gasteiger partial charge in [0.1, 0.15) is 0 Å². The number of benzene rings is 2. The number of thiol groups is 1. The monoisotopic (exact) mass is 409 g/mol. The average molecular weight is 410 g/mol. The summed E-state index contributed by atoms with van der Waals surface area (Å²) < 4.78 is 0. The molecule has 3 rings (SSSR count). The van der Waals surface area contributed by atoms with Gasteiger partial charge in [0, 0.05) is 61.9 Å². The third-order valence-electron chi connectivity index (χ3n) is 5.20. The summed E-state index contributed by atoms with van der Waals surface area (Å²) in [6, 6.07) is 16.9. The lowest BCUT2D eigenvalue weighted by Crippen LogP contribution is -2.43. The van der Waals surface area contributed by atoms with Gasteiger partial charge in [-0.15, -0.1) is 12.6 Å². The van der Waals surface area contributed by atoms with Crippen LogP contribution in [0.1, 0.15) is 19.4 Å². The fraction of sp³-hybridized carbons (Fsp3) is 0.348. The molecule has 0 bridgehead atoms. The van der Waals surface area contributed by atoms with Crippen molar-refractivity contribution < 1.29 is 0 Å². The van der Waals surface area contributed by atoms with E-state index < -0.39 is 0 Å². The summed E-state index contributed by atoms with van der Waals surface area (Å²) in [6.07, 6.45) is 1.72. The predicted octanol–water partition coefficient (Wildman–Crippen LogP) is 4.31. The molecule has 0 unspecified atom stereocenters. The average Bonchev–Trinajstić information content (AvgIpc) is 2.79. The maximum Gasteiger partial charge on any atom is 0.0930 e. The van der Waals surface area contributed by atoms with E-state index in [0.717, 1.165) is 56.2 Å². The molecule has 5 nitrogen and oxygen atoms in total. The zero-order valence-corrected chi connectivity index (χ0v) is 18.2. The topological polar surface area (TPSA) is 42.9 Å². The van der Waals surface area contributed by atoms with Gasteiger partial charge in [0.2, 0.25) is 0 Å². The Kier molecular flexibility index (Phi) is 8.02. The van der Waals surface area contributed by atoms with Crippen LogP contribution < -0.4 is 20.4 Å². The maximum atomic E-state index is 4.55. The van der Waals surface area contributed by atoms with Crippen LogP contribution in [0.2, 0.25) is 0 Å². The van der Waals surface area contributed by atoms with Crippen LogP contribution >= 0.6 is 12.6 Å². The highest BCUT2D eigenvalue weighted by Gasteiger charge is 2.09. The molecule has 1 heterocycles. The Hall–Kier alpha value is -2.44. The highest BCUT2D eigenvalue weighted by Crippen LogP contribution is 2.22. The number of piperazine rings is 1. The van der Waals surface area contributed by atoms with Crippen LogP contribution in [0.4, 0.5) is 17.1 Å². The minimum atomic E-state index is 0.823. The van der Waals surface area contributed by atoms with Crippen molar-refractivity contribution in [2.75, 3.05) is 54.4 Å². The van der Waals surface area contributed by atoms with Crippen LogP contribution in [0.15, 0.2) is 58.9 Å². The summed E-state index contributed by atoms with van der Waals surface area (Å²) in [5.41, 5.74) is 5.37. The van der Waals surface area contributed by atoms with Gasteiger partial charge in [-0.2, -0.15) is 0 Å². The highest BCUT2D eigenvalue weighted by molar-refractivity contribution is 7.83. The Morgan fingerprint density at radius 1 is 1.07 bits per heavy atom. The van der Waals surface area contributed by atoms with Gasteiger partial charge in [0.15, 0.2) is 0 Å². The molecule has 2 N–H and O–H groups in total. The summed E-state index contributed by atoms with van der Waals surface area (Å²) in [7, 11) is 0. The fourth-order valence-electron chi connectivity index (χ4n) is 3.48. The van der Waals surface area contributed by atoms with Gasteiger partial charge in [0.05, 0.1) is 12.0 Å². The molecule has 2 aromatic rings. The van der Waals surface area contributed by atoms with Gasteiger partial charge in [0.25, 0.3) is 0 Å². The number of hydrogen-bond acceptors (Lipinski definition) is 5. The van der Waals surface area contributed by atoms with Crippen molar-refractivity contribution in [3.8, 4) is 0 Å². The summed E-state index contributed by atoms with van der Waals surface area (Å²) >= 11 is 4.34. The Labute approximate surface area is 179 Å². The van der Waals surface area contributed by atoms with Crippen molar-refractivity contribution in [3.63, 3.8) is 0 Å².